The van der Waals surface area contributed by atoms with Gasteiger partial charge in [-0.25, -0.2) is 0 Å². The van der Waals surface area contributed by atoms with E-state index in [1.54, 1.807) is 12.1 Å². The summed E-state index contributed by atoms with van der Waals surface area (Å²) in [5.41, 5.74) is 3.09. The second-order valence-corrected chi connectivity index (χ2v) is 7.14. The number of benzene rings is 2. The number of anilines is 1. The lowest BCUT2D eigenvalue weighted by molar-refractivity contribution is -0.147. The summed E-state index contributed by atoms with van der Waals surface area (Å²) >= 11 is 0. The number of rotatable bonds is 6. The Kier molecular flexibility index (Phi) is 5.77. The summed E-state index contributed by atoms with van der Waals surface area (Å²) in [4.78, 5) is 49.7. The van der Waals surface area contributed by atoms with Gasteiger partial charge in [0.15, 0.2) is 6.61 Å². The molecule has 1 heterocycles. The molecule has 0 aromatic heterocycles. The molecule has 0 bridgehead atoms. The molecule has 3 amide bonds. The summed E-state index contributed by atoms with van der Waals surface area (Å²) in [6, 6.07) is 12.1. The normalized spacial score (nSPS) is 12.9. The molecule has 1 N–H and O–H groups in total. The first-order chi connectivity index (χ1) is 13.8. The third-order valence-electron chi connectivity index (χ3n) is 4.72. The van der Waals surface area contributed by atoms with E-state index in [4.69, 9.17) is 4.74 Å². The van der Waals surface area contributed by atoms with E-state index < -0.39 is 36.8 Å². The Labute approximate surface area is 168 Å². The fourth-order valence-corrected chi connectivity index (χ4v) is 3.22. The number of imide groups is 1. The maximum Gasteiger partial charge on any atom is 0.326 e. The minimum atomic E-state index is -0.830. The summed E-state index contributed by atoms with van der Waals surface area (Å²) in [7, 11) is 0. The van der Waals surface area contributed by atoms with Gasteiger partial charge in [-0.2, -0.15) is 0 Å². The Bertz CT molecular complexity index is 961. The van der Waals surface area contributed by atoms with Crippen molar-refractivity contribution in [2.24, 2.45) is 0 Å². The molecule has 0 fully saturated rings. The molecule has 2 aromatic carbocycles. The Morgan fingerprint density at radius 2 is 1.62 bits per heavy atom. The molecule has 150 valence electrons. The highest BCUT2D eigenvalue weighted by atomic mass is 16.5. The van der Waals surface area contributed by atoms with Gasteiger partial charge in [0.2, 0.25) is 0 Å². The van der Waals surface area contributed by atoms with Crippen LogP contribution in [0.25, 0.3) is 0 Å². The van der Waals surface area contributed by atoms with E-state index in [2.05, 4.69) is 5.32 Å². The molecule has 0 aliphatic carbocycles. The molecule has 1 aliphatic rings. The van der Waals surface area contributed by atoms with Crippen molar-refractivity contribution in [3.8, 4) is 0 Å². The summed E-state index contributed by atoms with van der Waals surface area (Å²) < 4.78 is 4.98. The molecule has 7 nitrogen and oxygen atoms in total. The van der Waals surface area contributed by atoms with Crippen molar-refractivity contribution in [3.63, 3.8) is 0 Å². The first-order valence-electron chi connectivity index (χ1n) is 9.29. The van der Waals surface area contributed by atoms with E-state index in [0.717, 1.165) is 16.0 Å². The van der Waals surface area contributed by atoms with Gasteiger partial charge in [0.05, 0.1) is 11.1 Å². The second-order valence-electron chi connectivity index (χ2n) is 7.14. The van der Waals surface area contributed by atoms with Crippen molar-refractivity contribution in [2.75, 3.05) is 18.5 Å². The van der Waals surface area contributed by atoms with Crippen LogP contribution in [0.1, 0.15) is 51.6 Å². The van der Waals surface area contributed by atoms with E-state index >= 15 is 0 Å². The van der Waals surface area contributed by atoms with Gasteiger partial charge < -0.3 is 10.1 Å². The van der Waals surface area contributed by atoms with E-state index in [-0.39, 0.29) is 17.0 Å². The van der Waals surface area contributed by atoms with Gasteiger partial charge in [-0.15, -0.1) is 0 Å². The third kappa shape index (κ3) is 4.18. The zero-order valence-electron chi connectivity index (χ0n) is 16.5. The highest BCUT2D eigenvalue weighted by Gasteiger charge is 2.36. The monoisotopic (exact) mass is 394 g/mol. The average Bonchev–Trinajstić information content (AvgIpc) is 2.93. The zero-order valence-corrected chi connectivity index (χ0v) is 16.5. The minimum absolute atomic E-state index is 0.210. The SMILES string of the molecule is Cc1cccc(C(C)C)c1NC(=O)COC(=O)CN1C(=O)c2ccccc2C1=O. The van der Waals surface area contributed by atoms with E-state index in [9.17, 15) is 19.2 Å². The lowest BCUT2D eigenvalue weighted by Gasteiger charge is -2.17. The van der Waals surface area contributed by atoms with Crippen LogP contribution in [0.3, 0.4) is 0 Å². The number of esters is 1. The van der Waals surface area contributed by atoms with Crippen LogP contribution in [0.2, 0.25) is 0 Å². The number of nitrogens with one attached hydrogen (secondary N) is 1. The maximum absolute atomic E-state index is 12.3. The van der Waals surface area contributed by atoms with E-state index in [1.807, 2.05) is 39.0 Å². The number of carbonyl (C=O) groups is 4. The van der Waals surface area contributed by atoms with Crippen molar-refractivity contribution in [1.82, 2.24) is 4.90 Å². The van der Waals surface area contributed by atoms with Crippen LogP contribution in [-0.4, -0.2) is 41.7 Å². The van der Waals surface area contributed by atoms with E-state index in [0.29, 0.717) is 5.69 Å². The van der Waals surface area contributed by atoms with Gasteiger partial charge in [-0.3, -0.25) is 24.1 Å². The van der Waals surface area contributed by atoms with Crippen LogP contribution >= 0.6 is 0 Å². The summed E-state index contributed by atoms with van der Waals surface area (Å²) in [5, 5.41) is 2.78. The lowest BCUT2D eigenvalue weighted by atomic mass is 9.98. The fourth-order valence-electron chi connectivity index (χ4n) is 3.22. The predicted molar refractivity (Wildman–Crippen MR) is 107 cm³/mol. The summed E-state index contributed by atoms with van der Waals surface area (Å²) in [6.07, 6.45) is 0. The van der Waals surface area contributed by atoms with Crippen molar-refractivity contribution in [3.05, 3.63) is 64.7 Å². The van der Waals surface area contributed by atoms with Gasteiger partial charge in [0, 0.05) is 5.69 Å². The molecule has 3 rings (SSSR count). The molecule has 0 saturated heterocycles. The van der Waals surface area contributed by atoms with Crippen LogP contribution < -0.4 is 5.32 Å². The van der Waals surface area contributed by atoms with Crippen molar-refractivity contribution < 1.29 is 23.9 Å². The van der Waals surface area contributed by atoms with Crippen LogP contribution in [0.15, 0.2) is 42.5 Å². The quantitative estimate of drug-likeness (QED) is 0.601. The van der Waals surface area contributed by atoms with Crippen LogP contribution in [0, 0.1) is 6.92 Å². The number of amides is 3. The number of fused-ring (bicyclic) bond motifs is 1. The number of para-hydroxylation sites is 1. The second kappa shape index (κ2) is 8.26. The highest BCUT2D eigenvalue weighted by Crippen LogP contribution is 2.27. The van der Waals surface area contributed by atoms with Gasteiger partial charge in [-0.1, -0.05) is 44.2 Å². The molecule has 0 saturated carbocycles. The Morgan fingerprint density at radius 3 is 2.21 bits per heavy atom. The molecule has 1 aliphatic heterocycles. The topological polar surface area (TPSA) is 92.8 Å². The molecule has 7 heteroatoms. The van der Waals surface area contributed by atoms with Crippen LogP contribution in [-0.2, 0) is 14.3 Å². The van der Waals surface area contributed by atoms with Gasteiger partial charge in [0.25, 0.3) is 17.7 Å². The zero-order chi connectivity index (χ0) is 21.1. The Balaban J connectivity index is 1.58. The highest BCUT2D eigenvalue weighted by molar-refractivity contribution is 6.22. The van der Waals surface area contributed by atoms with Crippen molar-refractivity contribution >= 4 is 29.4 Å². The molecule has 0 radical (unpaired) electrons. The third-order valence-corrected chi connectivity index (χ3v) is 4.72. The van der Waals surface area contributed by atoms with Gasteiger partial charge in [0.1, 0.15) is 6.54 Å². The largest absolute Gasteiger partial charge is 0.454 e. The molecular formula is C22H22N2O5. The Hall–Kier alpha value is -3.48. The number of hydrogen-bond donors (Lipinski definition) is 1. The van der Waals surface area contributed by atoms with Crippen LogP contribution in [0.4, 0.5) is 5.69 Å². The average molecular weight is 394 g/mol. The van der Waals surface area contributed by atoms with Gasteiger partial charge in [-0.05, 0) is 36.1 Å². The number of carbonyl (C=O) groups excluding carboxylic acids is 4. The van der Waals surface area contributed by atoms with Crippen LogP contribution in [0.5, 0.6) is 0 Å². The Morgan fingerprint density at radius 1 is 1.00 bits per heavy atom. The first-order valence-corrected chi connectivity index (χ1v) is 9.29. The maximum atomic E-state index is 12.3. The number of ether oxygens (including phenoxy) is 1. The van der Waals surface area contributed by atoms with E-state index in [1.165, 1.54) is 12.1 Å². The summed E-state index contributed by atoms with van der Waals surface area (Å²) in [5.74, 6) is -2.20. The smallest absolute Gasteiger partial charge is 0.326 e. The molecule has 0 atom stereocenters. The lowest BCUT2D eigenvalue weighted by Crippen LogP contribution is -2.36. The standard InChI is InChI=1S/C22H22N2O5/c1-13(2)15-10-6-7-14(3)20(15)23-18(25)12-29-19(26)11-24-21(27)16-8-4-5-9-17(16)22(24)28/h4-10,13H,11-12H2,1-3H3,(H,23,25). The minimum Gasteiger partial charge on any atom is -0.454 e. The number of nitrogens with zero attached hydrogens (tertiary/aromatic N) is 1. The summed E-state index contributed by atoms with van der Waals surface area (Å²) in [6.45, 7) is 4.88. The fraction of sp³-hybridized carbons (Fsp3) is 0.273. The predicted octanol–water partition coefficient (Wildman–Crippen LogP) is 2.90. The van der Waals surface area contributed by atoms with Crippen molar-refractivity contribution in [2.45, 2.75) is 26.7 Å². The molecule has 0 unspecified atom stereocenters. The van der Waals surface area contributed by atoms with Crippen molar-refractivity contribution in [1.29, 1.82) is 0 Å². The molecule has 29 heavy (non-hydrogen) atoms. The molecular weight excluding hydrogens is 372 g/mol. The molecule has 0 spiro atoms. The van der Waals surface area contributed by atoms with Gasteiger partial charge >= 0.3 is 5.97 Å². The number of aryl methyl sites for hydroxylation is 1. The first kappa shape index (κ1) is 20.3. The molecule has 2 aromatic rings. The number of hydrogen-bond acceptors (Lipinski definition) is 5.